The molecule has 2 rings (SSSR count). The monoisotopic (exact) mass is 362 g/mol. The lowest BCUT2D eigenvalue weighted by atomic mass is 9.87. The average molecular weight is 363 g/mol. The summed E-state index contributed by atoms with van der Waals surface area (Å²) in [5.41, 5.74) is 1.18. The predicted molar refractivity (Wildman–Crippen MR) is 97.3 cm³/mol. The number of hydrogen-bond donors (Lipinski definition) is 1. The van der Waals surface area contributed by atoms with E-state index in [1.165, 1.54) is 19.2 Å². The molecule has 132 valence electrons. The highest BCUT2D eigenvalue weighted by molar-refractivity contribution is 6.31. The molecule has 0 saturated carbocycles. The van der Waals surface area contributed by atoms with Crippen molar-refractivity contribution in [1.29, 1.82) is 0 Å². The maximum Gasteiger partial charge on any atom is 0.269 e. The van der Waals surface area contributed by atoms with Gasteiger partial charge in [0.25, 0.3) is 5.69 Å². The van der Waals surface area contributed by atoms with Gasteiger partial charge in [-0.1, -0.05) is 37.6 Å². The second-order valence-corrected chi connectivity index (χ2v) is 6.34. The van der Waals surface area contributed by atoms with Crippen molar-refractivity contribution in [3.05, 3.63) is 63.2 Å². The molecule has 1 amide bonds. The number of non-ortho nitro benzene ring substituents is 1. The number of carbonyl (C=O) groups is 1. The van der Waals surface area contributed by atoms with Gasteiger partial charge >= 0.3 is 0 Å². The van der Waals surface area contributed by atoms with Crippen molar-refractivity contribution in [3.8, 4) is 5.75 Å². The zero-order valence-electron chi connectivity index (χ0n) is 14.2. The highest BCUT2D eigenvalue weighted by Gasteiger charge is 2.25. The summed E-state index contributed by atoms with van der Waals surface area (Å²) in [6, 6.07) is 11.0. The van der Waals surface area contributed by atoms with Gasteiger partial charge in [-0.15, -0.1) is 0 Å². The number of nitrogens with zero attached hydrogens (tertiary/aromatic N) is 1. The molecular weight excluding hydrogens is 344 g/mol. The van der Waals surface area contributed by atoms with Crippen LogP contribution >= 0.6 is 11.6 Å². The molecule has 0 aliphatic carbocycles. The number of ether oxygens (including phenoxy) is 1. The Kier molecular flexibility index (Phi) is 5.98. The summed E-state index contributed by atoms with van der Waals surface area (Å²) < 4.78 is 5.24. The van der Waals surface area contributed by atoms with E-state index in [0.29, 0.717) is 22.0 Å². The van der Waals surface area contributed by atoms with E-state index in [0.717, 1.165) is 0 Å². The maximum atomic E-state index is 12.8. The Morgan fingerprint density at radius 1 is 1.20 bits per heavy atom. The molecule has 1 N–H and O–H groups in total. The van der Waals surface area contributed by atoms with Crippen molar-refractivity contribution in [2.75, 3.05) is 12.4 Å². The lowest BCUT2D eigenvalue weighted by Crippen LogP contribution is -2.25. The van der Waals surface area contributed by atoms with Crippen LogP contribution in [0.3, 0.4) is 0 Å². The van der Waals surface area contributed by atoms with Crippen LogP contribution in [0.5, 0.6) is 5.75 Å². The quantitative estimate of drug-likeness (QED) is 0.599. The van der Waals surface area contributed by atoms with E-state index in [1.807, 2.05) is 13.8 Å². The van der Waals surface area contributed by atoms with Gasteiger partial charge in [-0.3, -0.25) is 14.9 Å². The maximum absolute atomic E-state index is 12.8. The van der Waals surface area contributed by atoms with Crippen LogP contribution in [0, 0.1) is 16.0 Å². The van der Waals surface area contributed by atoms with E-state index >= 15 is 0 Å². The lowest BCUT2D eigenvalue weighted by Gasteiger charge is -2.21. The van der Waals surface area contributed by atoms with Gasteiger partial charge in [-0.05, 0) is 29.7 Å². The number of rotatable bonds is 6. The van der Waals surface area contributed by atoms with Gasteiger partial charge < -0.3 is 10.1 Å². The third kappa shape index (κ3) is 4.48. The highest BCUT2D eigenvalue weighted by atomic mass is 35.5. The number of methoxy groups -OCH3 is 1. The average Bonchev–Trinajstić information content (AvgIpc) is 2.55. The van der Waals surface area contributed by atoms with Crippen LogP contribution in [0.1, 0.15) is 25.3 Å². The third-order valence-electron chi connectivity index (χ3n) is 3.83. The molecule has 1 atom stereocenters. The molecule has 0 saturated heterocycles. The fourth-order valence-corrected chi connectivity index (χ4v) is 2.80. The number of hydrogen-bond acceptors (Lipinski definition) is 4. The predicted octanol–water partition coefficient (Wildman–Crippen LogP) is 4.64. The van der Waals surface area contributed by atoms with Crippen LogP contribution in [0.2, 0.25) is 5.02 Å². The summed E-state index contributed by atoms with van der Waals surface area (Å²) >= 11 is 5.99. The van der Waals surface area contributed by atoms with Crippen molar-refractivity contribution in [2.24, 2.45) is 5.92 Å². The fraction of sp³-hybridized carbons (Fsp3) is 0.278. The van der Waals surface area contributed by atoms with Crippen molar-refractivity contribution in [2.45, 2.75) is 19.8 Å². The molecule has 2 aromatic carbocycles. The number of nitro benzene ring substituents is 1. The third-order valence-corrected chi connectivity index (χ3v) is 4.07. The number of carbonyl (C=O) groups excluding carboxylic acids is 1. The number of nitro groups is 1. The standard InChI is InChI=1S/C18H19ClN2O4/c1-11(2)17(12-4-7-14(8-5-12)21(23)24)18(22)20-15-10-13(19)6-9-16(15)25-3/h4-11,17H,1-3H3,(H,20,22). The van der Waals surface area contributed by atoms with Gasteiger partial charge in [-0.25, -0.2) is 0 Å². The summed E-state index contributed by atoms with van der Waals surface area (Å²) in [6.07, 6.45) is 0. The van der Waals surface area contributed by atoms with Crippen molar-refractivity contribution in [1.82, 2.24) is 0 Å². The smallest absolute Gasteiger partial charge is 0.269 e. The zero-order chi connectivity index (χ0) is 18.6. The van der Waals surface area contributed by atoms with Crippen molar-refractivity contribution in [3.63, 3.8) is 0 Å². The molecule has 0 heterocycles. The van der Waals surface area contributed by atoms with E-state index < -0.39 is 10.8 Å². The highest BCUT2D eigenvalue weighted by Crippen LogP contribution is 2.31. The number of halogens is 1. The summed E-state index contributed by atoms with van der Waals surface area (Å²) in [6.45, 7) is 3.84. The number of amides is 1. The molecule has 0 radical (unpaired) electrons. The Bertz CT molecular complexity index is 775. The summed E-state index contributed by atoms with van der Waals surface area (Å²) in [5, 5.41) is 14.1. The van der Waals surface area contributed by atoms with E-state index in [4.69, 9.17) is 16.3 Å². The van der Waals surface area contributed by atoms with Gasteiger partial charge in [0.2, 0.25) is 5.91 Å². The van der Waals surface area contributed by atoms with E-state index in [2.05, 4.69) is 5.32 Å². The first kappa shape index (κ1) is 18.7. The molecule has 0 spiro atoms. The molecule has 0 aromatic heterocycles. The zero-order valence-corrected chi connectivity index (χ0v) is 14.9. The molecule has 6 nitrogen and oxygen atoms in total. The van der Waals surface area contributed by atoms with E-state index in [-0.39, 0.29) is 17.5 Å². The molecule has 0 bridgehead atoms. The SMILES string of the molecule is COc1ccc(Cl)cc1NC(=O)C(c1ccc([N+](=O)[O-])cc1)C(C)C. The normalized spacial score (nSPS) is 11.9. The minimum absolute atomic E-state index is 0.00775. The molecule has 2 aromatic rings. The Hall–Kier alpha value is -2.60. The molecule has 1 unspecified atom stereocenters. The van der Waals surface area contributed by atoms with Crippen LogP contribution < -0.4 is 10.1 Å². The summed E-state index contributed by atoms with van der Waals surface area (Å²) in [5.74, 6) is -0.204. The Balaban J connectivity index is 2.30. The van der Waals surface area contributed by atoms with Gasteiger partial charge in [0.1, 0.15) is 5.75 Å². The topological polar surface area (TPSA) is 81.5 Å². The molecule has 25 heavy (non-hydrogen) atoms. The fourth-order valence-electron chi connectivity index (χ4n) is 2.63. The van der Waals surface area contributed by atoms with Crippen LogP contribution in [0.15, 0.2) is 42.5 Å². The van der Waals surface area contributed by atoms with Gasteiger partial charge in [-0.2, -0.15) is 0 Å². The minimum atomic E-state index is -0.468. The van der Waals surface area contributed by atoms with Gasteiger partial charge in [0, 0.05) is 17.2 Å². The Labute approximate surface area is 150 Å². The Morgan fingerprint density at radius 2 is 1.84 bits per heavy atom. The summed E-state index contributed by atoms with van der Waals surface area (Å²) in [7, 11) is 1.51. The second-order valence-electron chi connectivity index (χ2n) is 5.90. The molecule has 0 aliphatic heterocycles. The van der Waals surface area contributed by atoms with Crippen molar-refractivity contribution >= 4 is 28.9 Å². The van der Waals surface area contributed by atoms with Crippen LogP contribution in [0.4, 0.5) is 11.4 Å². The number of anilines is 1. The largest absolute Gasteiger partial charge is 0.495 e. The van der Waals surface area contributed by atoms with Crippen LogP contribution in [-0.4, -0.2) is 17.9 Å². The first-order valence-corrected chi connectivity index (χ1v) is 8.10. The number of nitrogens with one attached hydrogen (secondary N) is 1. The van der Waals surface area contributed by atoms with E-state index in [1.54, 1.807) is 30.3 Å². The molecule has 0 aliphatic rings. The first-order valence-electron chi connectivity index (χ1n) is 7.72. The molecule has 7 heteroatoms. The van der Waals surface area contributed by atoms with Crippen molar-refractivity contribution < 1.29 is 14.5 Å². The molecule has 0 fully saturated rings. The molecular formula is C18H19ClN2O4. The van der Waals surface area contributed by atoms with Gasteiger partial charge in [0.15, 0.2) is 0 Å². The first-order chi connectivity index (χ1) is 11.8. The second kappa shape index (κ2) is 7.98. The van der Waals surface area contributed by atoms with E-state index in [9.17, 15) is 14.9 Å². The Morgan fingerprint density at radius 3 is 2.36 bits per heavy atom. The number of benzene rings is 2. The van der Waals surface area contributed by atoms with Crippen LogP contribution in [-0.2, 0) is 4.79 Å². The minimum Gasteiger partial charge on any atom is -0.495 e. The summed E-state index contributed by atoms with van der Waals surface area (Å²) in [4.78, 5) is 23.1. The van der Waals surface area contributed by atoms with Crippen LogP contribution in [0.25, 0.3) is 0 Å². The van der Waals surface area contributed by atoms with Gasteiger partial charge in [0.05, 0.1) is 23.6 Å². The lowest BCUT2D eigenvalue weighted by molar-refractivity contribution is -0.384.